The first kappa shape index (κ1) is 14.2. The van der Waals surface area contributed by atoms with E-state index in [0.29, 0.717) is 18.5 Å². The fraction of sp³-hybridized carbons (Fsp3) is 0.571. The Labute approximate surface area is 111 Å². The van der Waals surface area contributed by atoms with E-state index in [2.05, 4.69) is 17.0 Å². The van der Waals surface area contributed by atoms with Crippen LogP contribution in [0.1, 0.15) is 31.7 Å². The quantitative estimate of drug-likeness (QED) is 0.899. The molecule has 5 heteroatoms. The van der Waals surface area contributed by atoms with E-state index in [1.807, 2.05) is 0 Å². The maximum Gasteiger partial charge on any atom is 0.573 e. The summed E-state index contributed by atoms with van der Waals surface area (Å²) in [6.45, 7) is 2.91. The van der Waals surface area contributed by atoms with Crippen LogP contribution < -0.4 is 10.1 Å². The van der Waals surface area contributed by atoms with E-state index >= 15 is 0 Å². The number of ether oxygens (including phenoxy) is 1. The van der Waals surface area contributed by atoms with Crippen LogP contribution >= 0.6 is 0 Å². The summed E-state index contributed by atoms with van der Waals surface area (Å²) in [6.07, 6.45) is -0.956. The van der Waals surface area contributed by atoms with Gasteiger partial charge in [0, 0.05) is 12.6 Å². The van der Waals surface area contributed by atoms with Gasteiger partial charge in [-0.05, 0) is 36.5 Å². The van der Waals surface area contributed by atoms with Crippen molar-refractivity contribution in [3.8, 4) is 5.75 Å². The summed E-state index contributed by atoms with van der Waals surface area (Å²) in [6, 6.07) is 6.54. The highest BCUT2D eigenvalue weighted by Gasteiger charge is 2.31. The Balaban J connectivity index is 1.85. The molecule has 19 heavy (non-hydrogen) atoms. The molecule has 1 N–H and O–H groups in total. The van der Waals surface area contributed by atoms with Crippen molar-refractivity contribution in [3.63, 3.8) is 0 Å². The summed E-state index contributed by atoms with van der Waals surface area (Å²) in [5.41, 5.74) is 0.966. The predicted octanol–water partition coefficient (Wildman–Crippen LogP) is 3.86. The van der Waals surface area contributed by atoms with Crippen LogP contribution in [0.2, 0.25) is 0 Å². The molecule has 2 atom stereocenters. The van der Waals surface area contributed by atoms with Crippen molar-refractivity contribution in [2.24, 2.45) is 5.92 Å². The van der Waals surface area contributed by atoms with Crippen LogP contribution in [0, 0.1) is 5.92 Å². The molecule has 1 saturated carbocycles. The minimum atomic E-state index is -4.63. The molecule has 2 rings (SSSR count). The number of halogens is 3. The zero-order chi connectivity index (χ0) is 13.9. The Kier molecular flexibility index (Phi) is 4.34. The topological polar surface area (TPSA) is 21.3 Å². The molecular formula is C14H18F3NO. The molecule has 0 aromatic heterocycles. The Morgan fingerprint density at radius 2 is 1.89 bits per heavy atom. The fourth-order valence-corrected chi connectivity index (χ4v) is 2.51. The third kappa shape index (κ3) is 4.42. The Morgan fingerprint density at radius 3 is 2.42 bits per heavy atom. The van der Waals surface area contributed by atoms with Gasteiger partial charge in [0.1, 0.15) is 5.75 Å². The number of rotatable bonds is 4. The molecule has 0 aliphatic heterocycles. The number of hydrogen-bond acceptors (Lipinski definition) is 2. The number of benzene rings is 1. The molecule has 1 fully saturated rings. The van der Waals surface area contributed by atoms with Gasteiger partial charge in [0.15, 0.2) is 0 Å². The van der Waals surface area contributed by atoms with Crippen molar-refractivity contribution < 1.29 is 17.9 Å². The van der Waals surface area contributed by atoms with Gasteiger partial charge in [-0.15, -0.1) is 13.2 Å². The van der Waals surface area contributed by atoms with E-state index < -0.39 is 6.36 Å². The fourth-order valence-electron chi connectivity index (χ4n) is 2.51. The number of hydrogen-bond donors (Lipinski definition) is 1. The van der Waals surface area contributed by atoms with Gasteiger partial charge >= 0.3 is 6.36 Å². The Hall–Kier alpha value is -1.23. The molecule has 0 radical (unpaired) electrons. The lowest BCUT2D eigenvalue weighted by atomic mass is 10.1. The molecule has 0 saturated heterocycles. The van der Waals surface area contributed by atoms with Gasteiger partial charge in [0.2, 0.25) is 0 Å². The minimum Gasteiger partial charge on any atom is -0.406 e. The lowest BCUT2D eigenvalue weighted by Gasteiger charge is -2.17. The maximum absolute atomic E-state index is 12.0. The van der Waals surface area contributed by atoms with Crippen LogP contribution in [0.25, 0.3) is 0 Å². The van der Waals surface area contributed by atoms with Crippen LogP contribution in [0.15, 0.2) is 24.3 Å². The van der Waals surface area contributed by atoms with Gasteiger partial charge in [-0.2, -0.15) is 0 Å². The van der Waals surface area contributed by atoms with Gasteiger partial charge in [0.25, 0.3) is 0 Å². The zero-order valence-electron chi connectivity index (χ0n) is 10.8. The molecule has 1 aromatic rings. The molecule has 2 unspecified atom stereocenters. The van der Waals surface area contributed by atoms with Crippen molar-refractivity contribution in [1.82, 2.24) is 5.32 Å². The van der Waals surface area contributed by atoms with Gasteiger partial charge in [-0.1, -0.05) is 25.5 Å². The van der Waals surface area contributed by atoms with Gasteiger partial charge in [0.05, 0.1) is 0 Å². The van der Waals surface area contributed by atoms with Crippen LogP contribution in [-0.2, 0) is 6.54 Å². The maximum atomic E-state index is 12.0. The van der Waals surface area contributed by atoms with Crippen molar-refractivity contribution in [2.75, 3.05) is 0 Å². The van der Waals surface area contributed by atoms with E-state index in [0.717, 1.165) is 5.56 Å². The van der Waals surface area contributed by atoms with Gasteiger partial charge < -0.3 is 10.1 Å². The van der Waals surface area contributed by atoms with Crippen molar-refractivity contribution in [1.29, 1.82) is 0 Å². The minimum absolute atomic E-state index is 0.175. The van der Waals surface area contributed by atoms with E-state index in [1.54, 1.807) is 12.1 Å². The molecule has 0 heterocycles. The van der Waals surface area contributed by atoms with E-state index in [1.165, 1.54) is 31.4 Å². The Morgan fingerprint density at radius 1 is 1.21 bits per heavy atom. The smallest absolute Gasteiger partial charge is 0.406 e. The first-order chi connectivity index (χ1) is 8.94. The number of nitrogens with one attached hydrogen (secondary N) is 1. The summed E-state index contributed by atoms with van der Waals surface area (Å²) in [4.78, 5) is 0. The molecule has 106 valence electrons. The summed E-state index contributed by atoms with van der Waals surface area (Å²) in [5, 5.41) is 3.45. The summed E-state index contributed by atoms with van der Waals surface area (Å²) in [5.74, 6) is 0.498. The third-order valence-electron chi connectivity index (χ3n) is 3.59. The van der Waals surface area contributed by atoms with Crippen LogP contribution in [0.3, 0.4) is 0 Å². The van der Waals surface area contributed by atoms with Crippen LogP contribution in [0.5, 0.6) is 5.75 Å². The van der Waals surface area contributed by atoms with E-state index in [9.17, 15) is 13.2 Å². The summed E-state index contributed by atoms with van der Waals surface area (Å²) < 4.78 is 39.8. The standard InChI is InChI=1S/C14H18F3NO/c1-10-3-2-4-13(10)18-9-11-5-7-12(8-6-11)19-14(15,16)17/h5-8,10,13,18H,2-4,9H2,1H3. The van der Waals surface area contributed by atoms with Crippen molar-refractivity contribution >= 4 is 0 Å². The van der Waals surface area contributed by atoms with Gasteiger partial charge in [-0.25, -0.2) is 0 Å². The summed E-state index contributed by atoms with van der Waals surface area (Å²) >= 11 is 0. The molecule has 0 spiro atoms. The molecule has 2 nitrogen and oxygen atoms in total. The summed E-state index contributed by atoms with van der Waals surface area (Å²) in [7, 11) is 0. The second kappa shape index (κ2) is 5.82. The second-order valence-corrected chi connectivity index (χ2v) is 5.09. The predicted molar refractivity (Wildman–Crippen MR) is 66.8 cm³/mol. The highest BCUT2D eigenvalue weighted by atomic mass is 19.4. The molecule has 0 amide bonds. The monoisotopic (exact) mass is 273 g/mol. The molecule has 1 aromatic carbocycles. The van der Waals surface area contributed by atoms with Crippen LogP contribution in [-0.4, -0.2) is 12.4 Å². The molecule has 1 aliphatic rings. The average molecular weight is 273 g/mol. The highest BCUT2D eigenvalue weighted by molar-refractivity contribution is 5.27. The normalized spacial score (nSPS) is 23.6. The largest absolute Gasteiger partial charge is 0.573 e. The first-order valence-corrected chi connectivity index (χ1v) is 6.52. The SMILES string of the molecule is CC1CCCC1NCc1ccc(OC(F)(F)F)cc1. The molecule has 1 aliphatic carbocycles. The van der Waals surface area contributed by atoms with Crippen molar-refractivity contribution in [2.45, 2.75) is 45.1 Å². The molecular weight excluding hydrogens is 255 g/mol. The van der Waals surface area contributed by atoms with Crippen LogP contribution in [0.4, 0.5) is 13.2 Å². The van der Waals surface area contributed by atoms with Crippen molar-refractivity contribution in [3.05, 3.63) is 29.8 Å². The average Bonchev–Trinajstić information content (AvgIpc) is 2.72. The lowest BCUT2D eigenvalue weighted by Crippen LogP contribution is -2.30. The number of alkyl halides is 3. The zero-order valence-corrected chi connectivity index (χ0v) is 10.8. The van der Waals surface area contributed by atoms with E-state index in [-0.39, 0.29) is 5.75 Å². The van der Waals surface area contributed by atoms with E-state index in [4.69, 9.17) is 0 Å². The highest BCUT2D eigenvalue weighted by Crippen LogP contribution is 2.26. The Bertz CT molecular complexity index is 402. The third-order valence-corrected chi connectivity index (χ3v) is 3.59. The first-order valence-electron chi connectivity index (χ1n) is 6.52. The lowest BCUT2D eigenvalue weighted by molar-refractivity contribution is -0.274. The van der Waals surface area contributed by atoms with Gasteiger partial charge in [-0.3, -0.25) is 0 Å². The molecule has 0 bridgehead atoms. The second-order valence-electron chi connectivity index (χ2n) is 5.09.